The summed E-state index contributed by atoms with van der Waals surface area (Å²) in [5.41, 5.74) is 0. The molecule has 0 aromatic carbocycles. The van der Waals surface area contributed by atoms with Gasteiger partial charge in [0.05, 0.1) is 6.54 Å². The van der Waals surface area contributed by atoms with Crippen LogP contribution in [0.5, 0.6) is 0 Å². The highest BCUT2D eigenvalue weighted by Crippen LogP contribution is 2.15. The van der Waals surface area contributed by atoms with Gasteiger partial charge in [-0.05, 0) is 0 Å². The first-order chi connectivity index (χ1) is 4.61. The van der Waals surface area contributed by atoms with Crippen molar-refractivity contribution in [2.75, 3.05) is 13.1 Å². The van der Waals surface area contributed by atoms with Crippen LogP contribution < -0.4 is 0 Å². The lowest BCUT2D eigenvalue weighted by Crippen LogP contribution is -2.18. The zero-order chi connectivity index (χ0) is 7.72. The third-order valence-electron chi connectivity index (χ3n) is 1.34. The summed E-state index contributed by atoms with van der Waals surface area (Å²) in [5.74, 6) is -1.93. The summed E-state index contributed by atoms with van der Waals surface area (Å²) in [6, 6.07) is -0.559. The van der Waals surface area contributed by atoms with Crippen LogP contribution in [0.25, 0.3) is 0 Å². The van der Waals surface area contributed by atoms with Crippen molar-refractivity contribution in [1.82, 2.24) is 4.90 Å². The summed E-state index contributed by atoms with van der Waals surface area (Å²) < 4.78 is 0. The van der Waals surface area contributed by atoms with Gasteiger partial charge >= 0.3 is 11.9 Å². The van der Waals surface area contributed by atoms with Crippen molar-refractivity contribution in [3.05, 3.63) is 0 Å². The van der Waals surface area contributed by atoms with E-state index in [-0.39, 0.29) is 6.54 Å². The molecule has 1 heterocycles. The first-order valence-corrected chi connectivity index (χ1v) is 2.80. The Morgan fingerprint density at radius 1 is 1.50 bits per heavy atom. The maximum Gasteiger partial charge on any atom is 0.322 e. The lowest BCUT2D eigenvalue weighted by molar-refractivity contribution is -0.138. The second kappa shape index (κ2) is 2.26. The zero-order valence-electron chi connectivity index (χ0n) is 5.15. The number of hydrogen-bond donors (Lipinski definition) is 2. The lowest BCUT2D eigenvalue weighted by Gasteiger charge is -1.92. The number of rotatable bonds is 3. The second-order valence-corrected chi connectivity index (χ2v) is 2.18. The Kier molecular flexibility index (Phi) is 1.58. The fraction of sp³-hybridized carbons (Fsp3) is 0.600. The van der Waals surface area contributed by atoms with Crippen LogP contribution in [-0.2, 0) is 9.59 Å². The quantitative estimate of drug-likeness (QED) is 0.490. The molecule has 1 fully saturated rings. The van der Waals surface area contributed by atoms with Gasteiger partial charge in [0.2, 0.25) is 0 Å². The molecule has 0 saturated carbocycles. The molecule has 1 saturated heterocycles. The van der Waals surface area contributed by atoms with Gasteiger partial charge in [-0.25, -0.2) is 0 Å². The average Bonchev–Trinajstić information content (AvgIpc) is 2.43. The third-order valence-corrected chi connectivity index (χ3v) is 1.34. The highest BCUT2D eigenvalue weighted by Gasteiger charge is 2.41. The fourth-order valence-corrected chi connectivity index (χ4v) is 0.758. The van der Waals surface area contributed by atoms with Crippen LogP contribution in [0.1, 0.15) is 0 Å². The minimum Gasteiger partial charge on any atom is -0.480 e. The summed E-state index contributed by atoms with van der Waals surface area (Å²) >= 11 is 0. The summed E-state index contributed by atoms with van der Waals surface area (Å²) in [4.78, 5) is 21.5. The van der Waals surface area contributed by atoms with Crippen LogP contribution in [0, 0.1) is 0 Å². The molecule has 1 aliphatic rings. The SMILES string of the molecule is O=C(O)CN1C[C@@H]1C(=O)O. The number of carbonyl (C=O) groups is 2. The Hall–Kier alpha value is -1.10. The molecule has 0 aromatic rings. The topological polar surface area (TPSA) is 77.6 Å². The molecule has 0 aromatic heterocycles. The third kappa shape index (κ3) is 1.44. The molecule has 1 aliphatic heterocycles. The van der Waals surface area contributed by atoms with E-state index in [1.165, 1.54) is 4.90 Å². The van der Waals surface area contributed by atoms with E-state index in [2.05, 4.69) is 0 Å². The molecule has 0 aliphatic carbocycles. The van der Waals surface area contributed by atoms with Crippen LogP contribution in [0.4, 0.5) is 0 Å². The lowest BCUT2D eigenvalue weighted by atomic mass is 10.5. The Morgan fingerprint density at radius 2 is 2.10 bits per heavy atom. The smallest absolute Gasteiger partial charge is 0.322 e. The number of nitrogens with zero attached hydrogens (tertiary/aromatic N) is 1. The van der Waals surface area contributed by atoms with Gasteiger partial charge in [0.25, 0.3) is 0 Å². The largest absolute Gasteiger partial charge is 0.480 e. The first-order valence-electron chi connectivity index (χ1n) is 2.80. The van der Waals surface area contributed by atoms with Crippen molar-refractivity contribution in [1.29, 1.82) is 0 Å². The summed E-state index contributed by atoms with van der Waals surface area (Å²) in [5, 5.41) is 16.5. The van der Waals surface area contributed by atoms with Gasteiger partial charge in [-0.1, -0.05) is 0 Å². The molecule has 56 valence electrons. The molecule has 0 radical (unpaired) electrons. The van der Waals surface area contributed by atoms with E-state index in [0.717, 1.165) is 0 Å². The molecular weight excluding hydrogens is 138 g/mol. The number of carboxylic acids is 2. The highest BCUT2D eigenvalue weighted by molar-refractivity contribution is 5.79. The predicted molar refractivity (Wildman–Crippen MR) is 30.6 cm³/mol. The van der Waals surface area contributed by atoms with Gasteiger partial charge in [-0.2, -0.15) is 0 Å². The molecule has 2 atom stereocenters. The van der Waals surface area contributed by atoms with E-state index in [9.17, 15) is 9.59 Å². The molecule has 5 heteroatoms. The van der Waals surface area contributed by atoms with Crippen molar-refractivity contribution in [2.24, 2.45) is 0 Å². The maximum absolute atomic E-state index is 10.1. The van der Waals surface area contributed by atoms with E-state index in [1.807, 2.05) is 0 Å². The minimum absolute atomic E-state index is 0.170. The van der Waals surface area contributed by atoms with Gasteiger partial charge < -0.3 is 10.2 Å². The molecular formula is C5H7NO4. The highest BCUT2D eigenvalue weighted by atomic mass is 16.4. The van der Waals surface area contributed by atoms with Gasteiger partial charge in [0, 0.05) is 6.54 Å². The Labute approximate surface area is 56.9 Å². The van der Waals surface area contributed by atoms with Crippen LogP contribution in [0.3, 0.4) is 0 Å². The maximum atomic E-state index is 10.1. The molecule has 1 unspecified atom stereocenters. The molecule has 1 rings (SSSR count). The van der Waals surface area contributed by atoms with Crippen molar-refractivity contribution >= 4 is 11.9 Å². The van der Waals surface area contributed by atoms with Crippen molar-refractivity contribution in [3.63, 3.8) is 0 Å². The van der Waals surface area contributed by atoms with Gasteiger partial charge in [0.1, 0.15) is 6.04 Å². The van der Waals surface area contributed by atoms with Crippen molar-refractivity contribution in [3.8, 4) is 0 Å². The molecule has 10 heavy (non-hydrogen) atoms. The Morgan fingerprint density at radius 3 is 2.40 bits per heavy atom. The molecule has 0 spiro atoms. The van der Waals surface area contributed by atoms with Crippen LogP contribution >= 0.6 is 0 Å². The normalized spacial score (nSPS) is 29.6. The van der Waals surface area contributed by atoms with E-state index in [1.54, 1.807) is 0 Å². The van der Waals surface area contributed by atoms with Crippen LogP contribution in [0.15, 0.2) is 0 Å². The Bertz CT molecular complexity index is 178. The van der Waals surface area contributed by atoms with Gasteiger partial charge in [0.15, 0.2) is 0 Å². The van der Waals surface area contributed by atoms with Crippen molar-refractivity contribution < 1.29 is 19.8 Å². The van der Waals surface area contributed by atoms with E-state index in [4.69, 9.17) is 10.2 Å². The average molecular weight is 145 g/mol. The molecule has 0 bridgehead atoms. The standard InChI is InChI=1S/C5H7NO4/c7-4(8)2-6-1-3(6)5(9)10/h3H,1-2H2,(H,7,8)(H,9,10)/t3-,6?/m1/s1. The fourth-order valence-electron chi connectivity index (χ4n) is 0.758. The van der Waals surface area contributed by atoms with Gasteiger partial charge in [-0.3, -0.25) is 14.5 Å². The number of aliphatic carboxylic acids is 2. The second-order valence-electron chi connectivity index (χ2n) is 2.18. The van der Waals surface area contributed by atoms with Crippen LogP contribution in [-0.4, -0.2) is 46.2 Å². The molecule has 0 amide bonds. The van der Waals surface area contributed by atoms with Crippen molar-refractivity contribution in [2.45, 2.75) is 6.04 Å². The summed E-state index contributed by atoms with van der Waals surface area (Å²) in [6.45, 7) is 0.193. The van der Waals surface area contributed by atoms with Crippen LogP contribution in [0.2, 0.25) is 0 Å². The molecule has 5 nitrogen and oxygen atoms in total. The van der Waals surface area contributed by atoms with E-state index in [0.29, 0.717) is 6.54 Å². The summed E-state index contributed by atoms with van der Waals surface area (Å²) in [6.07, 6.45) is 0. The zero-order valence-corrected chi connectivity index (χ0v) is 5.15. The van der Waals surface area contributed by atoms with Gasteiger partial charge in [-0.15, -0.1) is 0 Å². The predicted octanol–water partition coefficient (Wildman–Crippen LogP) is -1.16. The van der Waals surface area contributed by atoms with E-state index >= 15 is 0 Å². The monoisotopic (exact) mass is 145 g/mol. The Balaban J connectivity index is 2.26. The first kappa shape index (κ1) is 7.01. The van der Waals surface area contributed by atoms with E-state index < -0.39 is 18.0 Å². The molecule has 2 N–H and O–H groups in total. The minimum atomic E-state index is -0.983. The number of hydrogen-bond acceptors (Lipinski definition) is 3. The summed E-state index contributed by atoms with van der Waals surface area (Å²) in [7, 11) is 0. The number of carboxylic acid groups (broad SMARTS) is 2.